The minimum atomic E-state index is -0.198. The van der Waals surface area contributed by atoms with E-state index >= 15 is 0 Å². The van der Waals surface area contributed by atoms with E-state index in [9.17, 15) is 4.39 Å². The lowest BCUT2D eigenvalue weighted by Crippen LogP contribution is -2.61. The van der Waals surface area contributed by atoms with Gasteiger partial charge in [-0.15, -0.1) is 0 Å². The Morgan fingerprint density at radius 2 is 2.21 bits per heavy atom. The molecule has 0 aromatic carbocycles. The van der Waals surface area contributed by atoms with Crippen LogP contribution in [0, 0.1) is 0 Å². The first kappa shape index (κ1) is 11.9. The van der Waals surface area contributed by atoms with Gasteiger partial charge in [0.15, 0.2) is 0 Å². The molecule has 1 heterocycles. The molecule has 0 saturated carbocycles. The topological polar surface area (TPSA) is 15.3 Å². The number of rotatable bonds is 4. The molecule has 1 rings (SSSR count). The molecule has 1 N–H and O–H groups in total. The Bertz CT molecular complexity index is 171. The van der Waals surface area contributed by atoms with Crippen molar-refractivity contribution in [3.8, 4) is 0 Å². The fourth-order valence-corrected chi connectivity index (χ4v) is 2.00. The van der Waals surface area contributed by atoms with Crippen LogP contribution >= 0.6 is 0 Å². The van der Waals surface area contributed by atoms with Gasteiger partial charge in [-0.05, 0) is 26.7 Å². The van der Waals surface area contributed by atoms with E-state index in [0.29, 0.717) is 12.5 Å². The van der Waals surface area contributed by atoms with Gasteiger partial charge >= 0.3 is 0 Å². The molecular formula is C11H23FN2. The fraction of sp³-hybridized carbons (Fsp3) is 1.00. The molecule has 1 saturated heterocycles. The van der Waals surface area contributed by atoms with Crippen molar-refractivity contribution < 1.29 is 4.39 Å². The Kier molecular flexibility index (Phi) is 4.32. The highest BCUT2D eigenvalue weighted by molar-refractivity contribution is 4.92. The number of alkyl halides is 1. The summed E-state index contributed by atoms with van der Waals surface area (Å²) in [6.45, 7) is 9.41. The first-order valence-corrected chi connectivity index (χ1v) is 5.64. The van der Waals surface area contributed by atoms with Gasteiger partial charge in [0, 0.05) is 31.2 Å². The van der Waals surface area contributed by atoms with Crippen LogP contribution in [0.25, 0.3) is 0 Å². The Morgan fingerprint density at radius 3 is 2.79 bits per heavy atom. The predicted molar refractivity (Wildman–Crippen MR) is 58.3 cm³/mol. The molecule has 0 aromatic heterocycles. The van der Waals surface area contributed by atoms with Crippen LogP contribution in [-0.2, 0) is 0 Å². The lowest BCUT2D eigenvalue weighted by Gasteiger charge is -2.46. The number of hydrogen-bond acceptors (Lipinski definition) is 2. The van der Waals surface area contributed by atoms with Gasteiger partial charge in [0.05, 0.1) is 6.67 Å². The molecule has 14 heavy (non-hydrogen) atoms. The highest BCUT2D eigenvalue weighted by Gasteiger charge is 2.32. The van der Waals surface area contributed by atoms with Gasteiger partial charge in [0.2, 0.25) is 0 Å². The number of hydrogen-bond donors (Lipinski definition) is 1. The molecule has 1 fully saturated rings. The molecule has 0 bridgehead atoms. The summed E-state index contributed by atoms with van der Waals surface area (Å²) in [5.41, 5.74) is 0.181. The third-order valence-electron chi connectivity index (χ3n) is 3.17. The third-order valence-corrected chi connectivity index (χ3v) is 3.17. The molecule has 1 atom stereocenters. The molecule has 2 nitrogen and oxygen atoms in total. The van der Waals surface area contributed by atoms with Crippen molar-refractivity contribution in [3.63, 3.8) is 0 Å². The molecule has 84 valence electrons. The van der Waals surface area contributed by atoms with Crippen molar-refractivity contribution in [2.24, 2.45) is 0 Å². The van der Waals surface area contributed by atoms with Crippen LogP contribution < -0.4 is 5.32 Å². The van der Waals surface area contributed by atoms with Crippen LogP contribution in [0.3, 0.4) is 0 Å². The summed E-state index contributed by atoms with van der Waals surface area (Å²) in [7, 11) is 0. The molecule has 0 spiro atoms. The van der Waals surface area contributed by atoms with Crippen molar-refractivity contribution in [1.82, 2.24) is 10.2 Å². The maximum atomic E-state index is 12.1. The van der Waals surface area contributed by atoms with Crippen molar-refractivity contribution >= 4 is 0 Å². The Balaban J connectivity index is 2.48. The maximum Gasteiger partial charge on any atom is 0.0906 e. The minimum Gasteiger partial charge on any atom is -0.311 e. The zero-order chi connectivity index (χ0) is 10.6. The van der Waals surface area contributed by atoms with Gasteiger partial charge in [-0.25, -0.2) is 0 Å². The molecule has 1 unspecified atom stereocenters. The lowest BCUT2D eigenvalue weighted by molar-refractivity contribution is 0.0623. The van der Waals surface area contributed by atoms with Crippen LogP contribution in [0.15, 0.2) is 0 Å². The zero-order valence-electron chi connectivity index (χ0n) is 9.65. The smallest absolute Gasteiger partial charge is 0.0906 e. The SMILES string of the molecule is CCC1CN(CCCF)C(C)(C)CN1. The highest BCUT2D eigenvalue weighted by atomic mass is 19.1. The average molecular weight is 202 g/mol. The molecular weight excluding hydrogens is 179 g/mol. The van der Waals surface area contributed by atoms with E-state index in [4.69, 9.17) is 0 Å². The molecule has 0 aliphatic carbocycles. The summed E-state index contributed by atoms with van der Waals surface area (Å²) in [6.07, 6.45) is 1.82. The standard InChI is InChI=1S/C11H23FN2/c1-4-10-8-14(7-5-6-12)11(2,3)9-13-10/h10,13H,4-9H2,1-3H3. The normalized spacial score (nSPS) is 27.9. The number of nitrogens with zero attached hydrogens (tertiary/aromatic N) is 1. The van der Waals surface area contributed by atoms with Gasteiger partial charge < -0.3 is 5.32 Å². The van der Waals surface area contributed by atoms with Gasteiger partial charge in [-0.3, -0.25) is 9.29 Å². The van der Waals surface area contributed by atoms with Gasteiger partial charge in [0.1, 0.15) is 0 Å². The number of nitrogens with one attached hydrogen (secondary N) is 1. The first-order chi connectivity index (χ1) is 6.60. The van der Waals surface area contributed by atoms with Crippen molar-refractivity contribution in [2.75, 3.05) is 26.3 Å². The molecule has 1 aliphatic heterocycles. The van der Waals surface area contributed by atoms with E-state index in [1.165, 1.54) is 0 Å². The minimum absolute atomic E-state index is 0.181. The fourth-order valence-electron chi connectivity index (χ4n) is 2.00. The van der Waals surface area contributed by atoms with Gasteiger partial charge in [0.25, 0.3) is 0 Å². The average Bonchev–Trinajstić information content (AvgIpc) is 2.16. The van der Waals surface area contributed by atoms with Gasteiger partial charge in [-0.2, -0.15) is 0 Å². The molecule has 0 radical (unpaired) electrons. The number of halogens is 1. The monoisotopic (exact) mass is 202 g/mol. The summed E-state index contributed by atoms with van der Waals surface area (Å²) in [5.74, 6) is 0. The molecule has 3 heteroatoms. The molecule has 0 amide bonds. The predicted octanol–water partition coefficient (Wildman–Crippen LogP) is 1.81. The van der Waals surface area contributed by atoms with Crippen molar-refractivity contribution in [1.29, 1.82) is 0 Å². The zero-order valence-corrected chi connectivity index (χ0v) is 9.65. The maximum absolute atomic E-state index is 12.1. The largest absolute Gasteiger partial charge is 0.311 e. The lowest BCUT2D eigenvalue weighted by atomic mass is 9.96. The van der Waals surface area contributed by atoms with Crippen LogP contribution in [-0.4, -0.2) is 42.8 Å². The summed E-state index contributed by atoms with van der Waals surface area (Å²) < 4.78 is 12.1. The second-order valence-electron chi connectivity index (χ2n) is 4.79. The first-order valence-electron chi connectivity index (χ1n) is 5.64. The Morgan fingerprint density at radius 1 is 1.50 bits per heavy atom. The highest BCUT2D eigenvalue weighted by Crippen LogP contribution is 2.19. The van der Waals surface area contributed by atoms with Crippen LogP contribution in [0.4, 0.5) is 4.39 Å². The third kappa shape index (κ3) is 2.92. The van der Waals surface area contributed by atoms with Crippen LogP contribution in [0.2, 0.25) is 0 Å². The summed E-state index contributed by atoms with van der Waals surface area (Å²) in [4.78, 5) is 2.41. The molecule has 0 aromatic rings. The van der Waals surface area contributed by atoms with Crippen LogP contribution in [0.1, 0.15) is 33.6 Å². The summed E-state index contributed by atoms with van der Waals surface area (Å²) in [5, 5.41) is 3.53. The van der Waals surface area contributed by atoms with E-state index in [0.717, 1.165) is 26.1 Å². The van der Waals surface area contributed by atoms with Gasteiger partial charge in [-0.1, -0.05) is 6.92 Å². The van der Waals surface area contributed by atoms with Crippen molar-refractivity contribution in [2.45, 2.75) is 45.2 Å². The van der Waals surface area contributed by atoms with E-state index in [2.05, 4.69) is 31.0 Å². The Labute approximate surface area is 86.9 Å². The van der Waals surface area contributed by atoms with E-state index < -0.39 is 0 Å². The summed E-state index contributed by atoms with van der Waals surface area (Å²) >= 11 is 0. The summed E-state index contributed by atoms with van der Waals surface area (Å²) in [6, 6.07) is 0.586. The quantitative estimate of drug-likeness (QED) is 0.748. The van der Waals surface area contributed by atoms with E-state index in [-0.39, 0.29) is 12.2 Å². The second kappa shape index (κ2) is 5.08. The number of piperazine rings is 1. The van der Waals surface area contributed by atoms with E-state index in [1.54, 1.807) is 0 Å². The second-order valence-corrected chi connectivity index (χ2v) is 4.79. The van der Waals surface area contributed by atoms with Crippen LogP contribution in [0.5, 0.6) is 0 Å². The Hall–Kier alpha value is -0.150. The molecule has 1 aliphatic rings. The van der Waals surface area contributed by atoms with E-state index in [1.807, 2.05) is 0 Å². The van der Waals surface area contributed by atoms with Crippen molar-refractivity contribution in [3.05, 3.63) is 0 Å².